The standard InChI is InChI=1S/C21H20ClNO3S2/c1-3-11-26-17-10-5-14(12-18(17)25-4-2)13-19-20(24)23(21(27)28-19)16-8-6-15(22)7-9-16/h5-10,12-13H,3-4,11H2,1-2H3/b19-13+. The third-order valence-electron chi connectivity index (χ3n) is 3.91. The summed E-state index contributed by atoms with van der Waals surface area (Å²) >= 11 is 12.6. The minimum atomic E-state index is -0.151. The maximum absolute atomic E-state index is 12.9. The highest BCUT2D eigenvalue weighted by Crippen LogP contribution is 2.37. The van der Waals surface area contributed by atoms with Crippen LogP contribution in [0.5, 0.6) is 11.5 Å². The molecule has 1 aliphatic rings. The van der Waals surface area contributed by atoms with Crippen LogP contribution in [0.25, 0.3) is 6.08 Å². The maximum Gasteiger partial charge on any atom is 0.270 e. The molecule has 28 heavy (non-hydrogen) atoms. The van der Waals surface area contributed by atoms with Crippen molar-refractivity contribution in [3.05, 3.63) is 58.0 Å². The average molecular weight is 434 g/mol. The van der Waals surface area contributed by atoms with E-state index in [0.717, 1.165) is 12.0 Å². The number of benzene rings is 2. The number of nitrogens with zero attached hydrogens (tertiary/aromatic N) is 1. The highest BCUT2D eigenvalue weighted by atomic mass is 35.5. The molecule has 3 rings (SSSR count). The molecule has 1 aliphatic heterocycles. The fourth-order valence-electron chi connectivity index (χ4n) is 2.65. The lowest BCUT2D eigenvalue weighted by atomic mass is 10.1. The van der Waals surface area contributed by atoms with Crippen LogP contribution >= 0.6 is 35.6 Å². The average Bonchev–Trinajstić information content (AvgIpc) is 2.95. The lowest BCUT2D eigenvalue weighted by Gasteiger charge is -2.14. The van der Waals surface area contributed by atoms with Crippen molar-refractivity contribution in [3.63, 3.8) is 0 Å². The number of amides is 1. The summed E-state index contributed by atoms with van der Waals surface area (Å²) in [6.45, 7) is 5.13. The van der Waals surface area contributed by atoms with Gasteiger partial charge in [0.05, 0.1) is 23.8 Å². The fourth-order valence-corrected chi connectivity index (χ4v) is 4.07. The number of hydrogen-bond acceptors (Lipinski definition) is 5. The van der Waals surface area contributed by atoms with Crippen molar-refractivity contribution in [2.45, 2.75) is 20.3 Å². The van der Waals surface area contributed by atoms with Crippen LogP contribution in [-0.2, 0) is 4.79 Å². The molecule has 0 N–H and O–H groups in total. The predicted octanol–water partition coefficient (Wildman–Crippen LogP) is 5.93. The van der Waals surface area contributed by atoms with E-state index in [-0.39, 0.29) is 5.91 Å². The molecule has 1 heterocycles. The second-order valence-electron chi connectivity index (χ2n) is 5.98. The molecule has 2 aromatic carbocycles. The minimum Gasteiger partial charge on any atom is -0.490 e. The number of rotatable bonds is 7. The Bertz CT molecular complexity index is 912. The first kappa shape index (κ1) is 20.7. The number of thioether (sulfide) groups is 1. The molecule has 0 unspecified atom stereocenters. The van der Waals surface area contributed by atoms with Crippen LogP contribution in [0.3, 0.4) is 0 Å². The van der Waals surface area contributed by atoms with Gasteiger partial charge in [-0.25, -0.2) is 0 Å². The van der Waals surface area contributed by atoms with Crippen molar-refractivity contribution in [2.75, 3.05) is 18.1 Å². The van der Waals surface area contributed by atoms with E-state index in [2.05, 4.69) is 6.92 Å². The van der Waals surface area contributed by atoms with Gasteiger partial charge < -0.3 is 9.47 Å². The summed E-state index contributed by atoms with van der Waals surface area (Å²) in [7, 11) is 0. The first-order valence-corrected chi connectivity index (χ1v) is 10.6. The van der Waals surface area contributed by atoms with Crippen molar-refractivity contribution in [1.82, 2.24) is 0 Å². The second kappa shape index (κ2) is 9.45. The molecule has 146 valence electrons. The number of hydrogen-bond donors (Lipinski definition) is 0. The quantitative estimate of drug-likeness (QED) is 0.399. The Labute approximate surface area is 179 Å². The molecule has 0 atom stereocenters. The summed E-state index contributed by atoms with van der Waals surface area (Å²) in [4.78, 5) is 15.0. The van der Waals surface area contributed by atoms with Gasteiger partial charge in [0, 0.05) is 5.02 Å². The number of halogens is 1. The smallest absolute Gasteiger partial charge is 0.270 e. The van der Waals surface area contributed by atoms with E-state index in [0.29, 0.717) is 44.6 Å². The summed E-state index contributed by atoms with van der Waals surface area (Å²) in [5.74, 6) is 1.22. The highest BCUT2D eigenvalue weighted by molar-refractivity contribution is 8.27. The van der Waals surface area contributed by atoms with Gasteiger partial charge in [0.1, 0.15) is 0 Å². The maximum atomic E-state index is 12.9. The molecular formula is C21H20ClNO3S2. The van der Waals surface area contributed by atoms with Gasteiger partial charge >= 0.3 is 0 Å². The van der Waals surface area contributed by atoms with Crippen LogP contribution in [0.2, 0.25) is 5.02 Å². The molecule has 1 saturated heterocycles. The van der Waals surface area contributed by atoms with Crippen molar-refractivity contribution >= 4 is 57.6 Å². The number of carbonyl (C=O) groups is 1. The summed E-state index contributed by atoms with van der Waals surface area (Å²) in [5.41, 5.74) is 1.55. The zero-order chi connectivity index (χ0) is 20.1. The van der Waals surface area contributed by atoms with E-state index in [1.165, 1.54) is 16.7 Å². The molecule has 0 bridgehead atoms. The fraction of sp³-hybridized carbons (Fsp3) is 0.238. The largest absolute Gasteiger partial charge is 0.490 e. The number of carbonyl (C=O) groups excluding carboxylic acids is 1. The second-order valence-corrected chi connectivity index (χ2v) is 8.09. The van der Waals surface area contributed by atoms with Crippen molar-refractivity contribution in [3.8, 4) is 11.5 Å². The van der Waals surface area contributed by atoms with Crippen molar-refractivity contribution < 1.29 is 14.3 Å². The van der Waals surface area contributed by atoms with Gasteiger partial charge in [-0.1, -0.05) is 48.6 Å². The van der Waals surface area contributed by atoms with E-state index in [1.807, 2.05) is 31.2 Å². The molecule has 0 aliphatic carbocycles. The van der Waals surface area contributed by atoms with Gasteiger partial charge in [-0.3, -0.25) is 9.69 Å². The molecule has 1 amide bonds. The summed E-state index contributed by atoms with van der Waals surface area (Å²) in [6.07, 6.45) is 2.74. The SMILES string of the molecule is CCCOc1ccc(/C=C2/SC(=S)N(c3ccc(Cl)cc3)C2=O)cc1OCC. The Hall–Kier alpha value is -2.02. The van der Waals surface area contributed by atoms with Gasteiger partial charge in [0.25, 0.3) is 5.91 Å². The Kier molecular flexibility index (Phi) is 6.99. The third kappa shape index (κ3) is 4.69. The summed E-state index contributed by atoms with van der Waals surface area (Å²) < 4.78 is 11.9. The molecule has 0 saturated carbocycles. The van der Waals surface area contributed by atoms with Crippen molar-refractivity contribution in [2.24, 2.45) is 0 Å². The number of thiocarbonyl (C=S) groups is 1. The van der Waals surface area contributed by atoms with Gasteiger partial charge in [-0.2, -0.15) is 0 Å². The molecule has 0 spiro atoms. The topological polar surface area (TPSA) is 38.8 Å². The van der Waals surface area contributed by atoms with Crippen LogP contribution in [0.1, 0.15) is 25.8 Å². The minimum absolute atomic E-state index is 0.151. The zero-order valence-electron chi connectivity index (χ0n) is 15.6. The molecule has 2 aromatic rings. The first-order valence-electron chi connectivity index (χ1n) is 8.96. The number of ether oxygens (including phenoxy) is 2. The van der Waals surface area contributed by atoms with Crippen LogP contribution < -0.4 is 14.4 Å². The van der Waals surface area contributed by atoms with Gasteiger partial charge in [0.2, 0.25) is 0 Å². The van der Waals surface area contributed by atoms with E-state index >= 15 is 0 Å². The van der Waals surface area contributed by atoms with E-state index in [1.54, 1.807) is 24.3 Å². The van der Waals surface area contributed by atoms with E-state index in [9.17, 15) is 4.79 Å². The molecule has 7 heteroatoms. The molecule has 4 nitrogen and oxygen atoms in total. The first-order chi connectivity index (χ1) is 13.5. The lowest BCUT2D eigenvalue weighted by Crippen LogP contribution is -2.27. The lowest BCUT2D eigenvalue weighted by molar-refractivity contribution is -0.113. The predicted molar refractivity (Wildman–Crippen MR) is 121 cm³/mol. The Morgan fingerprint density at radius 1 is 1.11 bits per heavy atom. The van der Waals surface area contributed by atoms with Gasteiger partial charge in [0.15, 0.2) is 15.8 Å². The molecule has 0 radical (unpaired) electrons. The third-order valence-corrected chi connectivity index (χ3v) is 5.46. The van der Waals surface area contributed by atoms with Crippen LogP contribution in [0.15, 0.2) is 47.4 Å². The van der Waals surface area contributed by atoms with E-state index < -0.39 is 0 Å². The summed E-state index contributed by atoms with van der Waals surface area (Å²) in [5, 5.41) is 0.610. The normalized spacial score (nSPS) is 15.4. The van der Waals surface area contributed by atoms with Crippen LogP contribution in [0.4, 0.5) is 5.69 Å². The molecule has 0 aromatic heterocycles. The van der Waals surface area contributed by atoms with Gasteiger partial charge in [-0.15, -0.1) is 0 Å². The van der Waals surface area contributed by atoms with Crippen molar-refractivity contribution in [1.29, 1.82) is 0 Å². The zero-order valence-corrected chi connectivity index (χ0v) is 18.0. The summed E-state index contributed by atoms with van der Waals surface area (Å²) in [6, 6.07) is 12.7. The Morgan fingerprint density at radius 2 is 1.86 bits per heavy atom. The molecule has 1 fully saturated rings. The monoisotopic (exact) mass is 433 g/mol. The molecular weight excluding hydrogens is 414 g/mol. The van der Waals surface area contributed by atoms with Crippen LogP contribution in [0, 0.1) is 0 Å². The number of anilines is 1. The van der Waals surface area contributed by atoms with Crippen LogP contribution in [-0.4, -0.2) is 23.4 Å². The van der Waals surface area contributed by atoms with Gasteiger partial charge in [-0.05, 0) is 61.4 Å². The highest BCUT2D eigenvalue weighted by Gasteiger charge is 2.33. The Balaban J connectivity index is 1.86. The Morgan fingerprint density at radius 3 is 2.54 bits per heavy atom. The van der Waals surface area contributed by atoms with E-state index in [4.69, 9.17) is 33.3 Å².